The Hall–Kier alpha value is -1.46. The fourth-order valence-corrected chi connectivity index (χ4v) is 1.42. The van der Waals surface area contributed by atoms with Crippen LogP contribution in [0.4, 0.5) is 0 Å². The van der Waals surface area contributed by atoms with Crippen molar-refractivity contribution in [3.8, 4) is 17.6 Å². The molecule has 1 unspecified atom stereocenters. The molecule has 0 fully saturated rings. The molecule has 2 heteroatoms. The minimum absolute atomic E-state index is 0.0636. The van der Waals surface area contributed by atoms with Crippen LogP contribution in [0.25, 0.3) is 0 Å². The lowest BCUT2D eigenvalue weighted by Crippen LogP contribution is -2.15. The molecule has 0 aliphatic heterocycles. The molecule has 2 N–H and O–H groups in total. The molecule has 0 spiro atoms. The normalized spacial score (nSPS) is 11.6. The molecule has 0 saturated heterocycles. The zero-order valence-corrected chi connectivity index (χ0v) is 10.4. The van der Waals surface area contributed by atoms with Gasteiger partial charge in [-0.2, -0.15) is 0 Å². The van der Waals surface area contributed by atoms with Crippen LogP contribution >= 0.6 is 0 Å². The van der Waals surface area contributed by atoms with E-state index in [-0.39, 0.29) is 6.04 Å². The SMILES string of the molecule is CCC(N)C#Cc1ccc(C)c(C)c1OC. The summed E-state index contributed by atoms with van der Waals surface area (Å²) in [6.45, 7) is 6.13. The lowest BCUT2D eigenvalue weighted by molar-refractivity contribution is 0.410. The van der Waals surface area contributed by atoms with Crippen LogP contribution in [0.5, 0.6) is 5.75 Å². The Balaban J connectivity index is 3.13. The zero-order valence-electron chi connectivity index (χ0n) is 10.4. The zero-order chi connectivity index (χ0) is 12.1. The van der Waals surface area contributed by atoms with Gasteiger partial charge < -0.3 is 10.5 Å². The second kappa shape index (κ2) is 5.58. The number of nitrogens with two attached hydrogens (primary N) is 1. The number of hydrogen-bond acceptors (Lipinski definition) is 2. The fraction of sp³-hybridized carbons (Fsp3) is 0.429. The van der Waals surface area contributed by atoms with Gasteiger partial charge in [0.15, 0.2) is 0 Å². The third-order valence-electron chi connectivity index (χ3n) is 2.71. The van der Waals surface area contributed by atoms with Crippen molar-refractivity contribution >= 4 is 0 Å². The summed E-state index contributed by atoms with van der Waals surface area (Å²) in [4.78, 5) is 0. The molecule has 0 saturated carbocycles. The van der Waals surface area contributed by atoms with Crippen LogP contribution in [0.1, 0.15) is 30.0 Å². The molecule has 86 valence electrons. The predicted octanol–water partition coefficient (Wildman–Crippen LogP) is 2.40. The van der Waals surface area contributed by atoms with Crippen LogP contribution in [-0.4, -0.2) is 13.2 Å². The van der Waals surface area contributed by atoms with Gasteiger partial charge in [0, 0.05) is 0 Å². The van der Waals surface area contributed by atoms with Gasteiger partial charge in [-0.3, -0.25) is 0 Å². The molecule has 16 heavy (non-hydrogen) atoms. The van der Waals surface area contributed by atoms with E-state index in [4.69, 9.17) is 10.5 Å². The lowest BCUT2D eigenvalue weighted by atomic mass is 10.0. The summed E-state index contributed by atoms with van der Waals surface area (Å²) in [5.41, 5.74) is 9.03. The van der Waals surface area contributed by atoms with Crippen LogP contribution in [-0.2, 0) is 0 Å². The minimum Gasteiger partial charge on any atom is -0.495 e. The van der Waals surface area contributed by atoms with Crippen molar-refractivity contribution < 1.29 is 4.74 Å². The first-order chi connectivity index (χ1) is 7.60. The standard InChI is InChI=1S/C14H19NO/c1-5-13(15)9-8-12-7-6-10(2)11(3)14(12)16-4/h6-7,13H,5,15H2,1-4H3. The van der Waals surface area contributed by atoms with E-state index in [1.54, 1.807) is 7.11 Å². The van der Waals surface area contributed by atoms with Crippen LogP contribution < -0.4 is 10.5 Å². The third kappa shape index (κ3) is 2.77. The van der Waals surface area contributed by atoms with Crippen LogP contribution in [0, 0.1) is 25.7 Å². The Kier molecular flexibility index (Phi) is 4.39. The van der Waals surface area contributed by atoms with E-state index in [0.717, 1.165) is 23.3 Å². The van der Waals surface area contributed by atoms with Crippen molar-refractivity contribution in [3.63, 3.8) is 0 Å². The van der Waals surface area contributed by atoms with Gasteiger partial charge in [0.25, 0.3) is 0 Å². The number of aryl methyl sites for hydroxylation is 1. The number of ether oxygens (including phenoxy) is 1. The molecule has 0 heterocycles. The van der Waals surface area contributed by atoms with Crippen LogP contribution in [0.3, 0.4) is 0 Å². The molecular formula is C14H19NO. The van der Waals surface area contributed by atoms with Crippen molar-refractivity contribution in [2.24, 2.45) is 5.73 Å². The summed E-state index contributed by atoms with van der Waals surface area (Å²) in [6, 6.07) is 3.97. The highest BCUT2D eigenvalue weighted by molar-refractivity contribution is 5.53. The quantitative estimate of drug-likeness (QED) is 0.772. The highest BCUT2D eigenvalue weighted by Crippen LogP contribution is 2.25. The Morgan fingerprint density at radius 3 is 2.62 bits per heavy atom. The van der Waals surface area contributed by atoms with Gasteiger partial charge in [0.2, 0.25) is 0 Å². The summed E-state index contributed by atoms with van der Waals surface area (Å²) >= 11 is 0. The average Bonchev–Trinajstić information content (AvgIpc) is 2.30. The smallest absolute Gasteiger partial charge is 0.137 e. The van der Waals surface area contributed by atoms with Crippen molar-refractivity contribution in [1.29, 1.82) is 0 Å². The highest BCUT2D eigenvalue weighted by atomic mass is 16.5. The topological polar surface area (TPSA) is 35.2 Å². The maximum Gasteiger partial charge on any atom is 0.137 e. The largest absolute Gasteiger partial charge is 0.495 e. The van der Waals surface area contributed by atoms with Gasteiger partial charge in [0.1, 0.15) is 5.75 Å². The second-order valence-corrected chi connectivity index (χ2v) is 3.87. The number of hydrogen-bond donors (Lipinski definition) is 1. The van der Waals surface area contributed by atoms with Gasteiger partial charge in [-0.15, -0.1) is 0 Å². The van der Waals surface area contributed by atoms with Crippen LogP contribution in [0.2, 0.25) is 0 Å². The Bertz CT molecular complexity index is 426. The van der Waals surface area contributed by atoms with E-state index >= 15 is 0 Å². The first-order valence-corrected chi connectivity index (χ1v) is 5.51. The van der Waals surface area contributed by atoms with E-state index < -0.39 is 0 Å². The summed E-state index contributed by atoms with van der Waals surface area (Å²) in [7, 11) is 1.67. The molecule has 0 aromatic heterocycles. The first kappa shape index (κ1) is 12.6. The minimum atomic E-state index is -0.0636. The van der Waals surface area contributed by atoms with Gasteiger partial charge in [-0.25, -0.2) is 0 Å². The summed E-state index contributed by atoms with van der Waals surface area (Å²) in [6.07, 6.45) is 0.861. The molecule has 2 nitrogen and oxygen atoms in total. The van der Waals surface area contributed by atoms with Gasteiger partial charge >= 0.3 is 0 Å². The molecule has 0 bridgehead atoms. The van der Waals surface area contributed by atoms with E-state index in [2.05, 4.69) is 24.8 Å². The van der Waals surface area contributed by atoms with Gasteiger partial charge in [-0.05, 0) is 37.5 Å². The molecule has 0 aliphatic rings. The first-order valence-electron chi connectivity index (χ1n) is 5.51. The van der Waals surface area contributed by atoms with Crippen molar-refractivity contribution in [3.05, 3.63) is 28.8 Å². The predicted molar refractivity (Wildman–Crippen MR) is 67.6 cm³/mol. The molecule has 1 atom stereocenters. The van der Waals surface area contributed by atoms with Crippen molar-refractivity contribution in [2.45, 2.75) is 33.2 Å². The molecule has 1 aromatic rings. The van der Waals surface area contributed by atoms with Crippen molar-refractivity contribution in [2.75, 3.05) is 7.11 Å². The van der Waals surface area contributed by atoms with E-state index in [0.29, 0.717) is 0 Å². The fourth-order valence-electron chi connectivity index (χ4n) is 1.42. The van der Waals surface area contributed by atoms with Crippen LogP contribution in [0.15, 0.2) is 12.1 Å². The Morgan fingerprint density at radius 1 is 1.38 bits per heavy atom. The number of rotatable bonds is 2. The van der Waals surface area contributed by atoms with E-state index in [1.807, 2.05) is 19.9 Å². The summed E-state index contributed by atoms with van der Waals surface area (Å²) in [5.74, 6) is 6.96. The van der Waals surface area contributed by atoms with Gasteiger partial charge in [-0.1, -0.05) is 24.8 Å². The highest BCUT2D eigenvalue weighted by Gasteiger charge is 2.06. The Labute approximate surface area is 97.8 Å². The summed E-state index contributed by atoms with van der Waals surface area (Å²) < 4.78 is 5.38. The average molecular weight is 217 g/mol. The molecular weight excluding hydrogens is 198 g/mol. The maximum absolute atomic E-state index is 5.77. The number of benzene rings is 1. The van der Waals surface area contributed by atoms with E-state index in [9.17, 15) is 0 Å². The second-order valence-electron chi connectivity index (χ2n) is 3.87. The molecule has 1 aromatic carbocycles. The summed E-state index contributed by atoms with van der Waals surface area (Å²) in [5, 5.41) is 0. The third-order valence-corrected chi connectivity index (χ3v) is 2.71. The molecule has 0 radical (unpaired) electrons. The molecule has 0 amide bonds. The van der Waals surface area contributed by atoms with Crippen molar-refractivity contribution in [1.82, 2.24) is 0 Å². The monoisotopic (exact) mass is 217 g/mol. The van der Waals surface area contributed by atoms with E-state index in [1.165, 1.54) is 5.56 Å². The maximum atomic E-state index is 5.77. The molecule has 0 aliphatic carbocycles. The Morgan fingerprint density at radius 2 is 2.06 bits per heavy atom. The lowest BCUT2D eigenvalue weighted by Gasteiger charge is -2.09. The molecule has 1 rings (SSSR count). The van der Waals surface area contributed by atoms with Gasteiger partial charge in [0.05, 0.1) is 18.7 Å². The number of methoxy groups -OCH3 is 1.